The van der Waals surface area contributed by atoms with Gasteiger partial charge in [-0.2, -0.15) is 0 Å². The number of benzene rings is 4. The van der Waals surface area contributed by atoms with E-state index in [2.05, 4.69) is 114 Å². The molecule has 0 saturated carbocycles. The third-order valence-corrected chi connectivity index (χ3v) is 6.28. The monoisotopic (exact) mass is 410 g/mol. The Hall–Kier alpha value is -2.64. The van der Waals surface area contributed by atoms with Crippen LogP contribution in [0.4, 0.5) is 0 Å². The first-order valence-electron chi connectivity index (χ1n) is 9.33. The molecule has 4 aromatic rings. The van der Waals surface area contributed by atoms with Crippen LogP contribution in [0.2, 0.25) is 0 Å². The van der Waals surface area contributed by atoms with Gasteiger partial charge in [-0.3, -0.25) is 0 Å². The molecule has 0 N–H and O–H groups in total. The average Bonchev–Trinajstić information content (AvgIpc) is 2.90. The van der Waals surface area contributed by atoms with Crippen LogP contribution in [0.3, 0.4) is 0 Å². The lowest BCUT2D eigenvalue weighted by Crippen LogP contribution is -1.93. The molecular weight excluding hydrogens is 392 g/mol. The number of hydrogen-bond acceptors (Lipinski definition) is 0. The zero-order valence-corrected chi connectivity index (χ0v) is 16.7. The Kier molecular flexibility index (Phi) is 3.98. The van der Waals surface area contributed by atoms with Crippen LogP contribution in [0.25, 0.3) is 44.8 Å². The second-order valence-corrected chi connectivity index (χ2v) is 7.96. The van der Waals surface area contributed by atoms with Crippen molar-refractivity contribution in [2.75, 3.05) is 0 Å². The second kappa shape index (κ2) is 6.51. The fourth-order valence-corrected chi connectivity index (χ4v) is 4.76. The molecule has 0 aliphatic heterocycles. The Morgan fingerprint density at radius 1 is 0.667 bits per heavy atom. The predicted molar refractivity (Wildman–Crippen MR) is 122 cm³/mol. The molecule has 1 unspecified atom stereocenters. The number of rotatable bonds is 1. The number of fused-ring (bicyclic) bond motifs is 3. The van der Waals surface area contributed by atoms with E-state index in [1.807, 2.05) is 0 Å². The minimum atomic E-state index is 0.424. The maximum absolute atomic E-state index is 3.89. The molecule has 5 rings (SSSR count). The largest absolute Gasteiger partial charge is 0.0773 e. The molecule has 0 spiro atoms. The van der Waals surface area contributed by atoms with Crippen molar-refractivity contribution in [3.63, 3.8) is 0 Å². The fourth-order valence-electron chi connectivity index (χ4n) is 4.07. The summed E-state index contributed by atoms with van der Waals surface area (Å²) in [6.45, 7) is 2.23. The van der Waals surface area contributed by atoms with E-state index in [1.54, 1.807) is 0 Å². The normalized spacial score (nSPS) is 15.9. The van der Waals surface area contributed by atoms with Crippen molar-refractivity contribution in [1.82, 2.24) is 0 Å². The number of hydrogen-bond donors (Lipinski definition) is 0. The smallest absolute Gasteiger partial charge is 0.0332 e. The van der Waals surface area contributed by atoms with Crippen molar-refractivity contribution in [2.24, 2.45) is 5.92 Å². The molecule has 4 aromatic carbocycles. The summed E-state index contributed by atoms with van der Waals surface area (Å²) in [5.74, 6) is 0.424. The molecule has 0 amide bonds. The van der Waals surface area contributed by atoms with Crippen LogP contribution >= 0.6 is 15.9 Å². The van der Waals surface area contributed by atoms with Gasteiger partial charge in [0.1, 0.15) is 0 Å². The molecule has 1 atom stereocenters. The third-order valence-electron chi connectivity index (χ3n) is 5.42. The van der Waals surface area contributed by atoms with Gasteiger partial charge in [0.25, 0.3) is 0 Å². The second-order valence-electron chi connectivity index (χ2n) is 7.17. The van der Waals surface area contributed by atoms with Gasteiger partial charge in [-0.25, -0.2) is 0 Å². The van der Waals surface area contributed by atoms with Crippen molar-refractivity contribution < 1.29 is 0 Å². The lowest BCUT2D eigenvalue weighted by atomic mass is 9.87. The van der Waals surface area contributed by atoms with E-state index in [-0.39, 0.29) is 0 Å². The van der Waals surface area contributed by atoms with Gasteiger partial charge >= 0.3 is 0 Å². The number of halogens is 1. The molecular formula is C26H19Br. The number of allylic oxidation sites excluding steroid dienone is 2. The van der Waals surface area contributed by atoms with Crippen molar-refractivity contribution in [3.05, 3.63) is 94.5 Å². The highest BCUT2D eigenvalue weighted by atomic mass is 79.9. The van der Waals surface area contributed by atoms with E-state index in [1.165, 1.54) is 48.3 Å². The highest BCUT2D eigenvalue weighted by Crippen LogP contribution is 2.44. The van der Waals surface area contributed by atoms with E-state index >= 15 is 0 Å². The van der Waals surface area contributed by atoms with Gasteiger partial charge in [0.2, 0.25) is 0 Å². The third kappa shape index (κ3) is 2.65. The molecule has 1 aliphatic carbocycles. The molecule has 0 nitrogen and oxygen atoms in total. The first-order valence-corrected chi connectivity index (χ1v) is 10.1. The lowest BCUT2D eigenvalue weighted by Gasteiger charge is -2.18. The van der Waals surface area contributed by atoms with Crippen molar-refractivity contribution in [3.8, 4) is 11.1 Å². The van der Waals surface area contributed by atoms with Crippen LogP contribution in [0.15, 0.2) is 83.4 Å². The van der Waals surface area contributed by atoms with Gasteiger partial charge in [0.05, 0.1) is 0 Å². The van der Waals surface area contributed by atoms with Crippen LogP contribution < -0.4 is 0 Å². The van der Waals surface area contributed by atoms with Gasteiger partial charge in [-0.1, -0.05) is 98.0 Å². The van der Waals surface area contributed by atoms with Crippen LogP contribution in [0.5, 0.6) is 0 Å². The van der Waals surface area contributed by atoms with Crippen molar-refractivity contribution >= 4 is 49.6 Å². The molecule has 27 heavy (non-hydrogen) atoms. The standard InChI is InChI=1S/C26H19Br/c1-17-13-15-22-24(16-14-17)26(27)23-11-5-4-10-21(23)25(22)20-12-6-8-18-7-2-3-9-19(18)20/h2-17H,1H3. The van der Waals surface area contributed by atoms with E-state index in [9.17, 15) is 0 Å². The van der Waals surface area contributed by atoms with E-state index in [4.69, 9.17) is 0 Å². The Balaban J connectivity index is 2.00. The van der Waals surface area contributed by atoms with E-state index in [0.717, 1.165) is 0 Å². The van der Waals surface area contributed by atoms with Crippen LogP contribution in [0, 0.1) is 5.92 Å². The molecule has 0 fully saturated rings. The molecule has 1 heteroatoms. The average molecular weight is 411 g/mol. The van der Waals surface area contributed by atoms with Crippen LogP contribution in [-0.4, -0.2) is 0 Å². The Morgan fingerprint density at radius 2 is 1.30 bits per heavy atom. The highest BCUT2D eigenvalue weighted by molar-refractivity contribution is 9.10. The Morgan fingerprint density at radius 3 is 2.11 bits per heavy atom. The van der Waals surface area contributed by atoms with Crippen molar-refractivity contribution in [2.45, 2.75) is 6.92 Å². The highest BCUT2D eigenvalue weighted by Gasteiger charge is 2.19. The minimum Gasteiger partial charge on any atom is -0.0773 e. The van der Waals surface area contributed by atoms with Gasteiger partial charge in [-0.15, -0.1) is 0 Å². The van der Waals surface area contributed by atoms with Crippen LogP contribution in [-0.2, 0) is 0 Å². The minimum absolute atomic E-state index is 0.424. The molecule has 130 valence electrons. The maximum atomic E-state index is 3.89. The van der Waals surface area contributed by atoms with Crippen molar-refractivity contribution in [1.29, 1.82) is 0 Å². The van der Waals surface area contributed by atoms with E-state index in [0.29, 0.717) is 5.92 Å². The SMILES string of the molecule is CC1C=Cc2c(c(-c3cccc4ccccc34)c3ccccc3c2Br)C=C1. The van der Waals surface area contributed by atoms with Crippen LogP contribution in [0.1, 0.15) is 18.1 Å². The molecule has 0 aromatic heterocycles. The Labute approximate surface area is 168 Å². The fraction of sp³-hybridized carbons (Fsp3) is 0.0769. The van der Waals surface area contributed by atoms with Gasteiger partial charge in [0.15, 0.2) is 0 Å². The summed E-state index contributed by atoms with van der Waals surface area (Å²) in [4.78, 5) is 0. The lowest BCUT2D eigenvalue weighted by molar-refractivity contribution is 0.954. The molecule has 0 saturated heterocycles. The predicted octanol–water partition coefficient (Wildman–Crippen LogP) is 8.10. The maximum Gasteiger partial charge on any atom is 0.0332 e. The summed E-state index contributed by atoms with van der Waals surface area (Å²) in [7, 11) is 0. The quantitative estimate of drug-likeness (QED) is 0.297. The first-order chi connectivity index (χ1) is 13.2. The first kappa shape index (κ1) is 16.5. The summed E-state index contributed by atoms with van der Waals surface area (Å²) in [6, 6.07) is 24.0. The molecule has 0 bridgehead atoms. The van der Waals surface area contributed by atoms with Gasteiger partial charge in [0, 0.05) is 4.47 Å². The topological polar surface area (TPSA) is 0 Å². The van der Waals surface area contributed by atoms with Gasteiger partial charge in [-0.05, 0) is 65.6 Å². The Bertz CT molecular complexity index is 1240. The summed E-state index contributed by atoms with van der Waals surface area (Å²) in [5, 5.41) is 5.11. The summed E-state index contributed by atoms with van der Waals surface area (Å²) < 4.78 is 1.17. The van der Waals surface area contributed by atoms with E-state index < -0.39 is 0 Å². The summed E-state index contributed by atoms with van der Waals surface area (Å²) in [6.07, 6.45) is 9.13. The summed E-state index contributed by atoms with van der Waals surface area (Å²) >= 11 is 3.89. The summed E-state index contributed by atoms with van der Waals surface area (Å²) in [5.41, 5.74) is 5.16. The molecule has 0 radical (unpaired) electrons. The molecule has 1 aliphatic rings. The zero-order chi connectivity index (χ0) is 18.4. The molecule has 0 heterocycles. The van der Waals surface area contributed by atoms with Gasteiger partial charge < -0.3 is 0 Å². The zero-order valence-electron chi connectivity index (χ0n) is 15.1.